The van der Waals surface area contributed by atoms with Crippen molar-refractivity contribution in [3.63, 3.8) is 0 Å². The SMILES string of the molecule is CC1CCC(C2CCC(C3CC(C)C(C)C(C)C3)CC2)CC1.O. The van der Waals surface area contributed by atoms with Crippen molar-refractivity contribution < 1.29 is 5.48 Å². The van der Waals surface area contributed by atoms with Crippen molar-refractivity contribution in [2.24, 2.45) is 47.3 Å². The summed E-state index contributed by atoms with van der Waals surface area (Å²) >= 11 is 0. The quantitative estimate of drug-likeness (QED) is 0.587. The topological polar surface area (TPSA) is 31.5 Å². The van der Waals surface area contributed by atoms with Crippen LogP contribution < -0.4 is 0 Å². The third kappa shape index (κ3) is 4.53. The highest BCUT2D eigenvalue weighted by Crippen LogP contribution is 2.48. The lowest BCUT2D eigenvalue weighted by Gasteiger charge is -2.44. The van der Waals surface area contributed by atoms with E-state index in [9.17, 15) is 0 Å². The molecule has 2 atom stereocenters. The smallest absolute Gasteiger partial charge is 0.0381 e. The minimum atomic E-state index is 0. The van der Waals surface area contributed by atoms with Crippen LogP contribution in [0, 0.1) is 47.3 Å². The molecule has 23 heavy (non-hydrogen) atoms. The first kappa shape index (κ1) is 19.3. The Hall–Kier alpha value is -0.0400. The molecule has 0 saturated heterocycles. The Morgan fingerprint density at radius 3 is 1.26 bits per heavy atom. The second-order valence-electron chi connectivity index (χ2n) is 9.74. The molecule has 3 fully saturated rings. The fraction of sp³-hybridized carbons (Fsp3) is 1.00. The van der Waals surface area contributed by atoms with Crippen molar-refractivity contribution in [1.82, 2.24) is 0 Å². The Morgan fingerprint density at radius 1 is 0.478 bits per heavy atom. The first-order valence-corrected chi connectivity index (χ1v) is 10.5. The summed E-state index contributed by atoms with van der Waals surface area (Å²) in [6, 6.07) is 0. The van der Waals surface area contributed by atoms with Crippen molar-refractivity contribution in [3.05, 3.63) is 0 Å². The Kier molecular flexibility index (Phi) is 7.01. The molecular formula is C22H42O. The minimum absolute atomic E-state index is 0. The fourth-order valence-electron chi connectivity index (χ4n) is 6.27. The average molecular weight is 323 g/mol. The Labute approximate surface area is 145 Å². The molecule has 1 heteroatoms. The normalized spacial score (nSPS) is 48.5. The molecule has 0 radical (unpaired) electrons. The molecule has 2 N–H and O–H groups in total. The largest absolute Gasteiger partial charge is 0.412 e. The highest BCUT2D eigenvalue weighted by molar-refractivity contribution is 4.88. The van der Waals surface area contributed by atoms with Crippen LogP contribution in [0.15, 0.2) is 0 Å². The van der Waals surface area contributed by atoms with E-state index >= 15 is 0 Å². The zero-order valence-electron chi connectivity index (χ0n) is 16.2. The molecule has 1 nitrogen and oxygen atoms in total. The van der Waals surface area contributed by atoms with Crippen LogP contribution in [0.4, 0.5) is 0 Å². The van der Waals surface area contributed by atoms with E-state index in [1.54, 1.807) is 38.5 Å². The lowest BCUT2D eigenvalue weighted by atomic mass is 9.61. The van der Waals surface area contributed by atoms with Crippen molar-refractivity contribution in [1.29, 1.82) is 0 Å². The van der Waals surface area contributed by atoms with Gasteiger partial charge in [0.25, 0.3) is 0 Å². The first-order chi connectivity index (χ1) is 10.5. The van der Waals surface area contributed by atoms with Crippen LogP contribution in [-0.4, -0.2) is 5.48 Å². The van der Waals surface area contributed by atoms with Crippen LogP contribution in [0.2, 0.25) is 0 Å². The molecule has 0 aromatic carbocycles. The third-order valence-electron chi connectivity index (χ3n) is 8.35. The van der Waals surface area contributed by atoms with Gasteiger partial charge in [-0.2, -0.15) is 0 Å². The molecule has 0 aromatic heterocycles. The van der Waals surface area contributed by atoms with Gasteiger partial charge < -0.3 is 5.48 Å². The molecule has 0 spiro atoms. The first-order valence-electron chi connectivity index (χ1n) is 10.5. The summed E-state index contributed by atoms with van der Waals surface area (Å²) in [5.41, 5.74) is 0. The van der Waals surface area contributed by atoms with Gasteiger partial charge in [0.05, 0.1) is 0 Å². The van der Waals surface area contributed by atoms with E-state index in [2.05, 4.69) is 27.7 Å². The predicted octanol–water partition coefficient (Wildman–Crippen LogP) is 6.11. The molecule has 3 rings (SSSR count). The average Bonchev–Trinajstić information content (AvgIpc) is 2.53. The number of rotatable bonds is 2. The van der Waals surface area contributed by atoms with Crippen molar-refractivity contribution >= 4 is 0 Å². The van der Waals surface area contributed by atoms with Crippen molar-refractivity contribution in [2.45, 2.75) is 91.9 Å². The van der Waals surface area contributed by atoms with E-state index in [-0.39, 0.29) is 5.48 Å². The summed E-state index contributed by atoms with van der Waals surface area (Å²) < 4.78 is 0. The molecule has 0 bridgehead atoms. The summed E-state index contributed by atoms with van der Waals surface area (Å²) in [4.78, 5) is 0. The van der Waals surface area contributed by atoms with E-state index < -0.39 is 0 Å². The predicted molar refractivity (Wildman–Crippen MR) is 100 cm³/mol. The fourth-order valence-corrected chi connectivity index (χ4v) is 6.27. The third-order valence-corrected chi connectivity index (χ3v) is 8.35. The van der Waals surface area contributed by atoms with Crippen LogP contribution >= 0.6 is 0 Å². The zero-order valence-corrected chi connectivity index (χ0v) is 16.2. The maximum Gasteiger partial charge on any atom is -0.0381 e. The molecule has 136 valence electrons. The second kappa shape index (κ2) is 8.37. The maximum absolute atomic E-state index is 2.52. The van der Waals surface area contributed by atoms with Crippen LogP contribution in [-0.2, 0) is 0 Å². The maximum atomic E-state index is 2.52. The Morgan fingerprint density at radius 2 is 0.826 bits per heavy atom. The standard InChI is InChI=1S/C22H40.H2O/c1-15-5-7-19(8-6-15)20-9-11-21(12-10-20)22-13-16(2)18(4)17(3)14-22;/h15-22H,5-14H2,1-4H3;1H2. The van der Waals surface area contributed by atoms with Gasteiger partial charge in [0, 0.05) is 0 Å². The van der Waals surface area contributed by atoms with Crippen LogP contribution in [0.3, 0.4) is 0 Å². The van der Waals surface area contributed by atoms with E-state index in [0.29, 0.717) is 0 Å². The summed E-state index contributed by atoms with van der Waals surface area (Å²) in [5, 5.41) is 0. The van der Waals surface area contributed by atoms with Gasteiger partial charge in [-0.25, -0.2) is 0 Å². The Bertz CT molecular complexity index is 324. The molecule has 2 unspecified atom stereocenters. The Balaban J connectivity index is 0.00000192. The van der Waals surface area contributed by atoms with E-state index in [1.165, 1.54) is 25.7 Å². The summed E-state index contributed by atoms with van der Waals surface area (Å²) in [6.07, 6.45) is 15.4. The van der Waals surface area contributed by atoms with Gasteiger partial charge in [-0.15, -0.1) is 0 Å². The lowest BCUT2D eigenvalue weighted by molar-refractivity contribution is 0.0649. The highest BCUT2D eigenvalue weighted by Gasteiger charge is 2.37. The second-order valence-corrected chi connectivity index (χ2v) is 9.74. The van der Waals surface area contributed by atoms with E-state index in [1.807, 2.05) is 0 Å². The van der Waals surface area contributed by atoms with Crippen LogP contribution in [0.5, 0.6) is 0 Å². The molecule has 0 aliphatic heterocycles. The number of hydrogen-bond acceptors (Lipinski definition) is 0. The summed E-state index contributed by atoms with van der Waals surface area (Å²) in [7, 11) is 0. The molecule has 0 heterocycles. The highest BCUT2D eigenvalue weighted by atomic mass is 16.0. The molecular weight excluding hydrogens is 280 g/mol. The van der Waals surface area contributed by atoms with Gasteiger partial charge in [0.1, 0.15) is 0 Å². The molecule has 3 aliphatic carbocycles. The molecule has 0 amide bonds. The minimum Gasteiger partial charge on any atom is -0.412 e. The van der Waals surface area contributed by atoms with Crippen LogP contribution in [0.25, 0.3) is 0 Å². The molecule has 3 saturated carbocycles. The monoisotopic (exact) mass is 322 g/mol. The zero-order chi connectivity index (χ0) is 15.7. The van der Waals surface area contributed by atoms with Crippen LogP contribution in [0.1, 0.15) is 91.9 Å². The summed E-state index contributed by atoms with van der Waals surface area (Å²) in [5.74, 6) is 8.24. The molecule has 0 aromatic rings. The molecule has 3 aliphatic rings. The van der Waals surface area contributed by atoms with Gasteiger partial charge in [0.2, 0.25) is 0 Å². The number of hydrogen-bond donors (Lipinski definition) is 0. The summed E-state index contributed by atoms with van der Waals surface area (Å²) in [6.45, 7) is 9.98. The van der Waals surface area contributed by atoms with Crippen molar-refractivity contribution in [3.8, 4) is 0 Å². The van der Waals surface area contributed by atoms with Gasteiger partial charge in [-0.05, 0) is 98.7 Å². The van der Waals surface area contributed by atoms with Gasteiger partial charge in [-0.1, -0.05) is 40.5 Å². The van der Waals surface area contributed by atoms with Gasteiger partial charge in [0.15, 0.2) is 0 Å². The van der Waals surface area contributed by atoms with Crippen molar-refractivity contribution in [2.75, 3.05) is 0 Å². The van der Waals surface area contributed by atoms with Gasteiger partial charge >= 0.3 is 0 Å². The lowest BCUT2D eigenvalue weighted by Crippen LogP contribution is -2.34. The van der Waals surface area contributed by atoms with E-state index in [0.717, 1.165) is 47.3 Å². The van der Waals surface area contributed by atoms with E-state index in [4.69, 9.17) is 0 Å². The van der Waals surface area contributed by atoms with Gasteiger partial charge in [-0.3, -0.25) is 0 Å².